The van der Waals surface area contributed by atoms with E-state index in [4.69, 9.17) is 4.74 Å². The highest BCUT2D eigenvalue weighted by atomic mass is 32.2. The molecule has 2 saturated heterocycles. The molecule has 3 fully saturated rings. The van der Waals surface area contributed by atoms with Gasteiger partial charge in [0.15, 0.2) is 0 Å². The third-order valence-corrected chi connectivity index (χ3v) is 7.78. The predicted octanol–water partition coefficient (Wildman–Crippen LogP) is 0.918. The number of aryl methyl sites for hydroxylation is 1. The molecular formula is C14H21N3O3S. The van der Waals surface area contributed by atoms with Crippen molar-refractivity contribution in [1.29, 1.82) is 0 Å². The van der Waals surface area contributed by atoms with Crippen LogP contribution in [0.2, 0.25) is 0 Å². The van der Waals surface area contributed by atoms with Crippen molar-refractivity contribution < 1.29 is 13.2 Å². The van der Waals surface area contributed by atoms with Crippen molar-refractivity contribution in [2.24, 2.45) is 18.4 Å². The fourth-order valence-electron chi connectivity index (χ4n) is 4.24. The molecule has 0 N–H and O–H groups in total. The van der Waals surface area contributed by atoms with E-state index in [0.717, 1.165) is 12.8 Å². The van der Waals surface area contributed by atoms with Crippen LogP contribution in [0, 0.1) is 18.3 Å². The summed E-state index contributed by atoms with van der Waals surface area (Å²) in [4.78, 5) is 0.340. The maximum atomic E-state index is 13.1. The lowest BCUT2D eigenvalue weighted by Gasteiger charge is -2.42. The minimum Gasteiger partial charge on any atom is -0.379 e. The number of rotatable bonds is 2. The lowest BCUT2D eigenvalue weighted by molar-refractivity contribution is 0.0601. The first-order valence-corrected chi connectivity index (χ1v) is 8.98. The van der Waals surface area contributed by atoms with Gasteiger partial charge in [-0.1, -0.05) is 6.42 Å². The third-order valence-electron chi connectivity index (χ3n) is 5.80. The summed E-state index contributed by atoms with van der Waals surface area (Å²) in [6, 6.07) is 0.00917. The number of sulfonamides is 1. The van der Waals surface area contributed by atoms with Crippen molar-refractivity contribution in [3.63, 3.8) is 0 Å². The fourth-order valence-corrected chi connectivity index (χ4v) is 6.17. The molecule has 1 aromatic rings. The Morgan fingerprint density at radius 1 is 1.38 bits per heavy atom. The van der Waals surface area contributed by atoms with Gasteiger partial charge in [-0.2, -0.15) is 9.40 Å². The average Bonchev–Trinajstić information content (AvgIpc) is 3.03. The van der Waals surface area contributed by atoms with E-state index in [9.17, 15) is 8.42 Å². The molecule has 1 aliphatic carbocycles. The molecule has 1 saturated carbocycles. The molecule has 3 heterocycles. The van der Waals surface area contributed by atoms with Gasteiger partial charge in [0.25, 0.3) is 0 Å². The van der Waals surface area contributed by atoms with Crippen molar-refractivity contribution in [2.75, 3.05) is 19.8 Å². The molecule has 0 unspecified atom stereocenters. The Balaban J connectivity index is 1.74. The van der Waals surface area contributed by atoms with Crippen LogP contribution in [0.15, 0.2) is 11.1 Å². The molecule has 7 heteroatoms. The highest BCUT2D eigenvalue weighted by Crippen LogP contribution is 2.56. The molecule has 1 aromatic heterocycles. The highest BCUT2D eigenvalue weighted by molar-refractivity contribution is 7.89. The van der Waals surface area contributed by atoms with E-state index in [1.807, 2.05) is 0 Å². The molecule has 21 heavy (non-hydrogen) atoms. The summed E-state index contributed by atoms with van der Waals surface area (Å²) in [5, 5.41) is 4.09. The van der Waals surface area contributed by atoms with Gasteiger partial charge in [0.1, 0.15) is 4.90 Å². The highest BCUT2D eigenvalue weighted by Gasteiger charge is 2.60. The average molecular weight is 311 g/mol. The van der Waals surface area contributed by atoms with Crippen LogP contribution in [0.3, 0.4) is 0 Å². The first-order valence-electron chi connectivity index (χ1n) is 7.54. The summed E-state index contributed by atoms with van der Waals surface area (Å²) in [5.41, 5.74) is 0.865. The Bertz CT molecular complexity index is 678. The normalized spacial score (nSPS) is 31.5. The predicted molar refractivity (Wildman–Crippen MR) is 76.2 cm³/mol. The summed E-state index contributed by atoms with van der Waals surface area (Å²) in [7, 11) is -1.71. The standard InChI is InChI=1S/C14H21N3O3S/c1-10-13(6-15-16(10)2)21(18,19)17-9-14(4-3-5-14)11-7-20-8-12(11)17/h6,11-12H,3-5,7-9H2,1-2H3/t11-,12+/m0/s1. The Labute approximate surface area is 125 Å². The summed E-state index contributed by atoms with van der Waals surface area (Å²) in [5.74, 6) is 0.373. The van der Waals surface area contributed by atoms with Crippen molar-refractivity contribution >= 4 is 10.0 Å². The van der Waals surface area contributed by atoms with Gasteiger partial charge in [0.2, 0.25) is 10.0 Å². The number of nitrogens with zero attached hydrogens (tertiary/aromatic N) is 3. The number of aromatic nitrogens is 2. The molecule has 2 atom stereocenters. The molecule has 0 amide bonds. The minimum absolute atomic E-state index is 0.00917. The van der Waals surface area contributed by atoms with Gasteiger partial charge in [-0.3, -0.25) is 4.68 Å². The van der Waals surface area contributed by atoms with Crippen molar-refractivity contribution in [2.45, 2.75) is 37.1 Å². The van der Waals surface area contributed by atoms with Crippen LogP contribution < -0.4 is 0 Å². The summed E-state index contributed by atoms with van der Waals surface area (Å²) >= 11 is 0. The van der Waals surface area contributed by atoms with Crippen molar-refractivity contribution in [3.05, 3.63) is 11.9 Å². The van der Waals surface area contributed by atoms with Gasteiger partial charge < -0.3 is 4.74 Å². The molecule has 4 rings (SSSR count). The number of hydrogen-bond acceptors (Lipinski definition) is 4. The molecular weight excluding hydrogens is 290 g/mol. The first-order chi connectivity index (χ1) is 9.96. The monoisotopic (exact) mass is 311 g/mol. The minimum atomic E-state index is -3.48. The van der Waals surface area contributed by atoms with E-state index >= 15 is 0 Å². The Kier molecular flexibility index (Phi) is 2.81. The third kappa shape index (κ3) is 1.71. The summed E-state index contributed by atoms with van der Waals surface area (Å²) in [6.07, 6.45) is 4.95. The maximum absolute atomic E-state index is 13.1. The van der Waals surface area contributed by atoms with Crippen LogP contribution in [0.1, 0.15) is 25.0 Å². The van der Waals surface area contributed by atoms with Crippen LogP contribution in [0.4, 0.5) is 0 Å². The van der Waals surface area contributed by atoms with Gasteiger partial charge in [0.05, 0.1) is 31.1 Å². The van der Waals surface area contributed by atoms with Gasteiger partial charge in [-0.15, -0.1) is 0 Å². The summed E-state index contributed by atoms with van der Waals surface area (Å²) in [6.45, 7) is 3.70. The van der Waals surface area contributed by atoms with Crippen LogP contribution in [-0.4, -0.2) is 48.3 Å². The SMILES string of the molecule is Cc1c(S(=O)(=O)N2CC3(CCC3)[C@H]3COC[C@H]32)cnn1C. The topological polar surface area (TPSA) is 64.4 Å². The largest absolute Gasteiger partial charge is 0.379 e. The zero-order chi connectivity index (χ0) is 14.8. The Morgan fingerprint density at radius 3 is 2.71 bits per heavy atom. The second kappa shape index (κ2) is 4.30. The molecule has 2 aliphatic heterocycles. The second-order valence-electron chi connectivity index (χ2n) is 6.70. The summed E-state index contributed by atoms with van der Waals surface area (Å²) < 4.78 is 35.0. The quantitative estimate of drug-likeness (QED) is 0.814. The second-order valence-corrected chi connectivity index (χ2v) is 8.55. The van der Waals surface area contributed by atoms with Crippen LogP contribution in [0.25, 0.3) is 0 Å². The Morgan fingerprint density at radius 2 is 2.14 bits per heavy atom. The molecule has 0 aromatic carbocycles. The number of hydrogen-bond donors (Lipinski definition) is 0. The Hall–Kier alpha value is -0.920. The van der Waals surface area contributed by atoms with Gasteiger partial charge in [-0.25, -0.2) is 8.42 Å². The zero-order valence-electron chi connectivity index (χ0n) is 12.4. The van der Waals surface area contributed by atoms with Gasteiger partial charge in [-0.05, 0) is 25.2 Å². The lowest BCUT2D eigenvalue weighted by Crippen LogP contribution is -2.39. The van der Waals surface area contributed by atoms with E-state index < -0.39 is 10.0 Å². The van der Waals surface area contributed by atoms with E-state index in [-0.39, 0.29) is 11.5 Å². The van der Waals surface area contributed by atoms with Crippen molar-refractivity contribution in [1.82, 2.24) is 14.1 Å². The van der Waals surface area contributed by atoms with Crippen LogP contribution in [-0.2, 0) is 21.8 Å². The van der Waals surface area contributed by atoms with Crippen LogP contribution in [0.5, 0.6) is 0 Å². The molecule has 116 valence electrons. The van der Waals surface area contributed by atoms with E-state index in [2.05, 4.69) is 5.10 Å². The lowest BCUT2D eigenvalue weighted by atomic mass is 9.62. The van der Waals surface area contributed by atoms with Crippen molar-refractivity contribution in [3.8, 4) is 0 Å². The van der Waals surface area contributed by atoms with E-state index in [1.165, 1.54) is 12.6 Å². The smallest absolute Gasteiger partial charge is 0.246 e. The number of ether oxygens (including phenoxy) is 1. The zero-order valence-corrected chi connectivity index (χ0v) is 13.3. The van der Waals surface area contributed by atoms with Gasteiger partial charge >= 0.3 is 0 Å². The fraction of sp³-hybridized carbons (Fsp3) is 0.786. The first kappa shape index (κ1) is 13.7. The van der Waals surface area contributed by atoms with E-state index in [0.29, 0.717) is 36.3 Å². The molecule has 6 nitrogen and oxygen atoms in total. The van der Waals surface area contributed by atoms with E-state index in [1.54, 1.807) is 23.0 Å². The van der Waals surface area contributed by atoms with Gasteiger partial charge in [0, 0.05) is 19.5 Å². The molecule has 3 aliphatic rings. The van der Waals surface area contributed by atoms with Crippen LogP contribution >= 0.6 is 0 Å². The number of fused-ring (bicyclic) bond motifs is 2. The molecule has 0 radical (unpaired) electrons. The molecule has 0 bridgehead atoms. The maximum Gasteiger partial charge on any atom is 0.246 e. The molecule has 1 spiro atoms.